The largest absolute Gasteiger partial charge is 0.492 e. The molecule has 1 saturated heterocycles. The zero-order chi connectivity index (χ0) is 15.2. The summed E-state index contributed by atoms with van der Waals surface area (Å²) < 4.78 is 7.49. The van der Waals surface area contributed by atoms with Gasteiger partial charge < -0.3 is 10.1 Å². The Morgan fingerprint density at radius 3 is 2.95 bits per heavy atom. The molecule has 8 heteroatoms. The van der Waals surface area contributed by atoms with E-state index in [2.05, 4.69) is 47.4 Å². The summed E-state index contributed by atoms with van der Waals surface area (Å²) in [7, 11) is 0. The number of rotatable bonds is 5. The molecule has 1 aromatic carbocycles. The molecular formula is C13H13Br2N3O2S. The van der Waals surface area contributed by atoms with Gasteiger partial charge in [0, 0.05) is 10.0 Å². The summed E-state index contributed by atoms with van der Waals surface area (Å²) in [6.07, 6.45) is 2.53. The Hall–Kier alpha value is -0.860. The van der Waals surface area contributed by atoms with Crippen molar-refractivity contribution in [2.45, 2.75) is 13.3 Å². The third kappa shape index (κ3) is 4.82. The van der Waals surface area contributed by atoms with E-state index in [-0.39, 0.29) is 5.91 Å². The normalized spacial score (nSPS) is 16.7. The number of hydrogen-bond acceptors (Lipinski definition) is 5. The highest BCUT2D eigenvalue weighted by Gasteiger charge is 2.16. The summed E-state index contributed by atoms with van der Waals surface area (Å²) in [6.45, 7) is 2.67. The summed E-state index contributed by atoms with van der Waals surface area (Å²) in [5.41, 5.74) is 0.809. The summed E-state index contributed by atoms with van der Waals surface area (Å²) in [6, 6.07) is 3.82. The Labute approximate surface area is 143 Å². The van der Waals surface area contributed by atoms with Crippen molar-refractivity contribution >= 4 is 60.9 Å². The van der Waals surface area contributed by atoms with Gasteiger partial charge in [0.05, 0.1) is 23.0 Å². The van der Waals surface area contributed by atoms with Crippen LogP contribution in [0.15, 0.2) is 31.3 Å². The Morgan fingerprint density at radius 2 is 2.29 bits per heavy atom. The lowest BCUT2D eigenvalue weighted by Gasteiger charge is -2.10. The number of carbonyl (C=O) groups excluding carboxylic acids is 1. The number of thioether (sulfide) groups is 1. The minimum absolute atomic E-state index is 0.0499. The summed E-state index contributed by atoms with van der Waals surface area (Å²) >= 11 is 8.25. The van der Waals surface area contributed by atoms with E-state index in [1.165, 1.54) is 11.8 Å². The van der Waals surface area contributed by atoms with Crippen LogP contribution >= 0.6 is 43.6 Å². The van der Waals surface area contributed by atoms with E-state index in [4.69, 9.17) is 4.74 Å². The Balaban J connectivity index is 2.19. The van der Waals surface area contributed by atoms with Crippen LogP contribution in [0, 0.1) is 0 Å². The molecule has 21 heavy (non-hydrogen) atoms. The molecule has 1 amide bonds. The molecule has 1 fully saturated rings. The van der Waals surface area contributed by atoms with E-state index in [0.29, 0.717) is 17.5 Å². The Bertz CT molecular complexity index is 605. The van der Waals surface area contributed by atoms with Gasteiger partial charge >= 0.3 is 0 Å². The third-order valence-corrected chi connectivity index (χ3v) is 4.33. The second-order valence-corrected chi connectivity index (χ2v) is 6.88. The zero-order valence-corrected chi connectivity index (χ0v) is 15.2. The van der Waals surface area contributed by atoms with Crippen molar-refractivity contribution in [2.75, 3.05) is 12.4 Å². The number of nitrogens with one attached hydrogen (secondary N) is 1. The maximum Gasteiger partial charge on any atom is 0.236 e. The van der Waals surface area contributed by atoms with E-state index in [0.717, 1.165) is 26.7 Å². The molecule has 1 N–H and O–H groups in total. The highest BCUT2D eigenvalue weighted by atomic mass is 79.9. The minimum Gasteiger partial charge on any atom is -0.492 e. The molecule has 0 spiro atoms. The van der Waals surface area contributed by atoms with Crippen molar-refractivity contribution in [1.29, 1.82) is 0 Å². The first-order chi connectivity index (χ1) is 10.1. The average Bonchev–Trinajstić information content (AvgIpc) is 2.83. The lowest BCUT2D eigenvalue weighted by Crippen LogP contribution is -2.19. The van der Waals surface area contributed by atoms with Crippen LogP contribution in [0.1, 0.15) is 18.9 Å². The highest BCUT2D eigenvalue weighted by Crippen LogP contribution is 2.32. The molecule has 0 atom stereocenters. The van der Waals surface area contributed by atoms with E-state index in [9.17, 15) is 4.79 Å². The molecule has 1 aliphatic heterocycles. The van der Waals surface area contributed by atoms with Crippen molar-refractivity contribution in [1.82, 2.24) is 5.32 Å². The maximum absolute atomic E-state index is 11.1. The molecule has 5 nitrogen and oxygen atoms in total. The topological polar surface area (TPSA) is 63.1 Å². The van der Waals surface area contributed by atoms with E-state index in [1.54, 1.807) is 6.21 Å². The molecule has 2 rings (SSSR count). The van der Waals surface area contributed by atoms with Crippen molar-refractivity contribution in [3.8, 4) is 5.75 Å². The number of ether oxygens (including phenoxy) is 1. The molecule has 1 aliphatic rings. The quantitative estimate of drug-likeness (QED) is 0.569. The smallest absolute Gasteiger partial charge is 0.236 e. The summed E-state index contributed by atoms with van der Waals surface area (Å²) in [5.74, 6) is 1.07. The van der Waals surface area contributed by atoms with Gasteiger partial charge in [-0.3, -0.25) is 4.79 Å². The second kappa shape index (κ2) is 7.95. The van der Waals surface area contributed by atoms with Gasteiger partial charge in [0.2, 0.25) is 5.91 Å². The number of halogens is 2. The first kappa shape index (κ1) is 16.5. The monoisotopic (exact) mass is 433 g/mol. The molecule has 0 saturated carbocycles. The van der Waals surface area contributed by atoms with Crippen LogP contribution in [-0.4, -0.2) is 29.6 Å². The third-order valence-electron chi connectivity index (χ3n) is 2.42. The fourth-order valence-corrected chi connectivity index (χ4v) is 3.56. The molecule has 1 heterocycles. The standard InChI is InChI=1S/C13H13Br2N3O2S/c1-2-3-20-12-8(4-9(14)5-10(12)15)6-16-18-13-17-11(19)7-21-13/h4-6H,2-3,7H2,1H3,(H,17,18,19). The lowest BCUT2D eigenvalue weighted by molar-refractivity contribution is -0.116. The molecule has 0 radical (unpaired) electrons. The number of carbonyl (C=O) groups is 1. The van der Waals surface area contributed by atoms with E-state index in [1.807, 2.05) is 19.1 Å². The number of benzene rings is 1. The van der Waals surface area contributed by atoms with E-state index >= 15 is 0 Å². The van der Waals surface area contributed by atoms with Crippen molar-refractivity contribution in [3.63, 3.8) is 0 Å². The number of hydrogen-bond donors (Lipinski definition) is 1. The van der Waals surface area contributed by atoms with Gasteiger partial charge in [-0.05, 0) is 34.5 Å². The van der Waals surface area contributed by atoms with Gasteiger partial charge in [-0.25, -0.2) is 0 Å². The summed E-state index contributed by atoms with van der Waals surface area (Å²) in [5, 5.41) is 11.1. The van der Waals surface area contributed by atoms with Gasteiger partial charge in [-0.2, -0.15) is 5.10 Å². The van der Waals surface area contributed by atoms with Gasteiger partial charge in [-0.1, -0.05) is 34.6 Å². The molecule has 0 aliphatic carbocycles. The molecule has 0 bridgehead atoms. The minimum atomic E-state index is -0.0499. The fraction of sp³-hybridized carbons (Fsp3) is 0.308. The predicted octanol–water partition coefficient (Wildman–Crippen LogP) is 3.55. The van der Waals surface area contributed by atoms with Crippen LogP contribution in [0.4, 0.5) is 0 Å². The van der Waals surface area contributed by atoms with Crippen LogP contribution < -0.4 is 10.1 Å². The lowest BCUT2D eigenvalue weighted by atomic mass is 10.2. The number of nitrogens with zero attached hydrogens (tertiary/aromatic N) is 2. The molecule has 112 valence electrons. The van der Waals surface area contributed by atoms with Gasteiger partial charge in [0.25, 0.3) is 0 Å². The Morgan fingerprint density at radius 1 is 1.48 bits per heavy atom. The van der Waals surface area contributed by atoms with Crippen LogP contribution in [0.2, 0.25) is 0 Å². The second-order valence-electron chi connectivity index (χ2n) is 4.14. The SMILES string of the molecule is CCCOc1c(Br)cc(Br)cc1C=NN=C1NC(=O)CS1. The van der Waals surface area contributed by atoms with Crippen molar-refractivity contribution in [3.05, 3.63) is 26.6 Å². The zero-order valence-electron chi connectivity index (χ0n) is 11.2. The van der Waals surface area contributed by atoms with Gasteiger partial charge in [0.15, 0.2) is 5.17 Å². The maximum atomic E-state index is 11.1. The molecular weight excluding hydrogens is 422 g/mol. The highest BCUT2D eigenvalue weighted by molar-refractivity contribution is 9.11. The predicted molar refractivity (Wildman–Crippen MR) is 93.3 cm³/mol. The van der Waals surface area contributed by atoms with Gasteiger partial charge in [-0.15, -0.1) is 5.10 Å². The van der Waals surface area contributed by atoms with Crippen LogP contribution in [0.3, 0.4) is 0 Å². The van der Waals surface area contributed by atoms with Crippen molar-refractivity contribution in [2.24, 2.45) is 10.2 Å². The number of amidine groups is 1. The van der Waals surface area contributed by atoms with Gasteiger partial charge in [0.1, 0.15) is 5.75 Å². The first-order valence-corrected chi connectivity index (χ1v) is 8.83. The fourth-order valence-electron chi connectivity index (χ4n) is 1.56. The van der Waals surface area contributed by atoms with Crippen molar-refractivity contribution < 1.29 is 9.53 Å². The molecule has 0 unspecified atom stereocenters. The van der Waals surface area contributed by atoms with Crippen LogP contribution in [-0.2, 0) is 4.79 Å². The number of amides is 1. The summed E-state index contributed by atoms with van der Waals surface area (Å²) in [4.78, 5) is 11.1. The van der Waals surface area contributed by atoms with Crippen LogP contribution in [0.5, 0.6) is 5.75 Å². The van der Waals surface area contributed by atoms with E-state index < -0.39 is 0 Å². The first-order valence-electron chi connectivity index (χ1n) is 6.25. The average molecular weight is 435 g/mol. The molecule has 1 aromatic rings. The Kier molecular flexibility index (Phi) is 6.25. The van der Waals surface area contributed by atoms with Crippen LogP contribution in [0.25, 0.3) is 0 Å². The molecule has 0 aromatic heterocycles.